The van der Waals surface area contributed by atoms with Crippen molar-refractivity contribution < 1.29 is 19.1 Å². The van der Waals surface area contributed by atoms with Crippen LogP contribution in [0.2, 0.25) is 0 Å². The van der Waals surface area contributed by atoms with E-state index in [1.54, 1.807) is 16.7 Å². The molecule has 0 saturated heterocycles. The van der Waals surface area contributed by atoms with E-state index in [1.807, 2.05) is 24.3 Å². The van der Waals surface area contributed by atoms with Crippen LogP contribution in [0.1, 0.15) is 28.2 Å². The van der Waals surface area contributed by atoms with Gasteiger partial charge < -0.3 is 15.8 Å². The summed E-state index contributed by atoms with van der Waals surface area (Å²) in [5.74, 6) is -1.59. The molecule has 0 bridgehead atoms. The van der Waals surface area contributed by atoms with E-state index in [4.69, 9.17) is 10.5 Å². The van der Waals surface area contributed by atoms with E-state index < -0.39 is 24.4 Å². The number of anilines is 1. The van der Waals surface area contributed by atoms with Gasteiger partial charge in [0.25, 0.3) is 11.8 Å². The van der Waals surface area contributed by atoms with Gasteiger partial charge in [0, 0.05) is 6.42 Å². The van der Waals surface area contributed by atoms with Crippen molar-refractivity contribution in [3.05, 3.63) is 46.3 Å². The SMILES string of the molecule is NC(=O)c1ccsc1NC(=O)COC(=O)CCCc1nc2ccccc2s1. The Balaban J connectivity index is 1.39. The molecule has 0 unspecified atom stereocenters. The number of aromatic nitrogens is 1. The van der Waals surface area contributed by atoms with E-state index in [0.29, 0.717) is 17.8 Å². The van der Waals surface area contributed by atoms with Crippen molar-refractivity contribution in [2.24, 2.45) is 5.73 Å². The number of esters is 1. The lowest BCUT2D eigenvalue weighted by atomic mass is 10.2. The maximum absolute atomic E-state index is 11.8. The molecule has 2 aromatic heterocycles. The van der Waals surface area contributed by atoms with Crippen molar-refractivity contribution >= 4 is 55.7 Å². The van der Waals surface area contributed by atoms with Gasteiger partial charge in [0.05, 0.1) is 20.8 Å². The van der Waals surface area contributed by atoms with Gasteiger partial charge in [0.2, 0.25) is 0 Å². The quantitative estimate of drug-likeness (QED) is 0.562. The highest BCUT2D eigenvalue weighted by atomic mass is 32.1. The molecule has 0 aliphatic carbocycles. The molecule has 27 heavy (non-hydrogen) atoms. The standard InChI is InChI=1S/C18H17N3O4S2/c19-17(24)11-8-9-26-18(11)21-14(22)10-25-16(23)7-3-6-15-20-12-4-1-2-5-13(12)27-15/h1-2,4-5,8-9H,3,6-7,10H2,(H2,19,24)(H,21,22). The predicted molar refractivity (Wildman–Crippen MR) is 105 cm³/mol. The van der Waals surface area contributed by atoms with Crippen LogP contribution in [0.4, 0.5) is 5.00 Å². The molecule has 3 aromatic rings. The maximum atomic E-state index is 11.8. The third-order valence-electron chi connectivity index (χ3n) is 3.66. The zero-order valence-electron chi connectivity index (χ0n) is 14.3. The van der Waals surface area contributed by atoms with Crippen molar-refractivity contribution in [2.75, 3.05) is 11.9 Å². The maximum Gasteiger partial charge on any atom is 0.306 e. The Kier molecular flexibility index (Phi) is 6.15. The second-order valence-corrected chi connectivity index (χ2v) is 7.70. The first-order valence-corrected chi connectivity index (χ1v) is 9.90. The first-order chi connectivity index (χ1) is 13.0. The van der Waals surface area contributed by atoms with E-state index in [9.17, 15) is 14.4 Å². The monoisotopic (exact) mass is 403 g/mol. The molecule has 0 radical (unpaired) electrons. The largest absolute Gasteiger partial charge is 0.456 e. The molecule has 0 spiro atoms. The minimum Gasteiger partial charge on any atom is -0.456 e. The Morgan fingerprint density at radius 2 is 2.00 bits per heavy atom. The second-order valence-electron chi connectivity index (χ2n) is 5.67. The van der Waals surface area contributed by atoms with Crippen molar-refractivity contribution in [3.63, 3.8) is 0 Å². The molecule has 3 rings (SSSR count). The highest BCUT2D eigenvalue weighted by Crippen LogP contribution is 2.23. The minimum atomic E-state index is -0.626. The summed E-state index contributed by atoms with van der Waals surface area (Å²) in [5.41, 5.74) is 6.40. The molecule has 0 aliphatic heterocycles. The lowest BCUT2D eigenvalue weighted by molar-refractivity contribution is -0.147. The number of benzene rings is 1. The Hall–Kier alpha value is -2.78. The van der Waals surface area contributed by atoms with E-state index in [0.717, 1.165) is 15.2 Å². The number of para-hydroxylation sites is 1. The molecule has 1 aromatic carbocycles. The van der Waals surface area contributed by atoms with E-state index in [-0.39, 0.29) is 12.0 Å². The van der Waals surface area contributed by atoms with Gasteiger partial charge in [-0.15, -0.1) is 22.7 Å². The smallest absolute Gasteiger partial charge is 0.306 e. The van der Waals surface area contributed by atoms with Gasteiger partial charge in [-0.2, -0.15) is 0 Å². The highest BCUT2D eigenvalue weighted by Gasteiger charge is 2.14. The number of thiazole rings is 1. The van der Waals surface area contributed by atoms with Gasteiger partial charge in [-0.3, -0.25) is 14.4 Å². The number of aryl methyl sites for hydroxylation is 1. The summed E-state index contributed by atoms with van der Waals surface area (Å²) < 4.78 is 6.09. The number of nitrogens with one attached hydrogen (secondary N) is 1. The molecule has 7 nitrogen and oxygen atoms in total. The fourth-order valence-electron chi connectivity index (χ4n) is 2.39. The minimum absolute atomic E-state index is 0.203. The summed E-state index contributed by atoms with van der Waals surface area (Å²) >= 11 is 2.78. The van der Waals surface area contributed by atoms with Crippen LogP contribution in [0.3, 0.4) is 0 Å². The molecule has 0 aliphatic rings. The number of ether oxygens (including phenoxy) is 1. The molecular formula is C18H17N3O4S2. The number of hydrogen-bond donors (Lipinski definition) is 2. The Morgan fingerprint density at radius 3 is 2.78 bits per heavy atom. The highest BCUT2D eigenvalue weighted by molar-refractivity contribution is 7.18. The first-order valence-electron chi connectivity index (χ1n) is 8.20. The Morgan fingerprint density at radius 1 is 1.19 bits per heavy atom. The summed E-state index contributed by atoms with van der Waals surface area (Å²) in [5, 5.41) is 5.48. The number of hydrogen-bond acceptors (Lipinski definition) is 7. The average molecular weight is 403 g/mol. The van der Waals surface area contributed by atoms with Crippen LogP contribution >= 0.6 is 22.7 Å². The number of carbonyl (C=O) groups excluding carboxylic acids is 3. The summed E-state index contributed by atoms with van der Waals surface area (Å²) in [6, 6.07) is 9.41. The number of carbonyl (C=O) groups is 3. The van der Waals surface area contributed by atoms with E-state index in [2.05, 4.69) is 10.3 Å². The van der Waals surface area contributed by atoms with Crippen LogP contribution in [0.15, 0.2) is 35.7 Å². The third kappa shape index (κ3) is 5.11. The van der Waals surface area contributed by atoms with Gasteiger partial charge in [0.1, 0.15) is 5.00 Å². The average Bonchev–Trinajstić information content (AvgIpc) is 3.26. The molecule has 140 valence electrons. The van der Waals surface area contributed by atoms with Crippen molar-refractivity contribution in [1.82, 2.24) is 4.98 Å². The van der Waals surface area contributed by atoms with Crippen LogP contribution in [0.25, 0.3) is 10.2 Å². The molecule has 0 saturated carbocycles. The van der Waals surface area contributed by atoms with Gasteiger partial charge in [-0.05, 0) is 36.4 Å². The fourth-order valence-corrected chi connectivity index (χ4v) is 4.21. The Labute approximate surface area is 163 Å². The number of nitrogens with two attached hydrogens (primary N) is 1. The zero-order valence-corrected chi connectivity index (χ0v) is 15.9. The molecule has 9 heteroatoms. The molecule has 0 atom stereocenters. The van der Waals surface area contributed by atoms with Gasteiger partial charge in [0.15, 0.2) is 6.61 Å². The molecule has 2 heterocycles. The lowest BCUT2D eigenvalue weighted by Gasteiger charge is -2.06. The van der Waals surface area contributed by atoms with Crippen LogP contribution in [-0.4, -0.2) is 29.4 Å². The molecule has 3 N–H and O–H groups in total. The summed E-state index contributed by atoms with van der Waals surface area (Å²) in [6.07, 6.45) is 1.48. The van der Waals surface area contributed by atoms with E-state index >= 15 is 0 Å². The molecular weight excluding hydrogens is 386 g/mol. The van der Waals surface area contributed by atoms with Crippen LogP contribution < -0.4 is 11.1 Å². The van der Waals surface area contributed by atoms with Crippen molar-refractivity contribution in [3.8, 4) is 0 Å². The van der Waals surface area contributed by atoms with Crippen LogP contribution in [0, 0.1) is 0 Å². The van der Waals surface area contributed by atoms with Crippen LogP contribution in [0.5, 0.6) is 0 Å². The number of rotatable bonds is 8. The number of thiophene rings is 1. The fraction of sp³-hybridized carbons (Fsp3) is 0.222. The number of fused-ring (bicyclic) bond motifs is 1. The number of amides is 2. The first kappa shape index (κ1) is 19.0. The summed E-state index contributed by atoms with van der Waals surface area (Å²) in [7, 11) is 0. The topological polar surface area (TPSA) is 111 Å². The lowest BCUT2D eigenvalue weighted by Crippen LogP contribution is -2.22. The zero-order chi connectivity index (χ0) is 19.2. The summed E-state index contributed by atoms with van der Waals surface area (Å²) in [6.45, 7) is -0.407. The number of nitrogens with zero attached hydrogens (tertiary/aromatic N) is 1. The van der Waals surface area contributed by atoms with E-state index in [1.165, 1.54) is 17.4 Å². The van der Waals surface area contributed by atoms with Crippen molar-refractivity contribution in [2.45, 2.75) is 19.3 Å². The van der Waals surface area contributed by atoms with Gasteiger partial charge in [-0.25, -0.2) is 4.98 Å². The van der Waals surface area contributed by atoms with Gasteiger partial charge in [-0.1, -0.05) is 12.1 Å². The number of primary amides is 1. The molecule has 0 fully saturated rings. The van der Waals surface area contributed by atoms with Gasteiger partial charge >= 0.3 is 5.97 Å². The Bertz CT molecular complexity index is 947. The molecule has 2 amide bonds. The second kappa shape index (κ2) is 8.74. The van der Waals surface area contributed by atoms with Crippen molar-refractivity contribution in [1.29, 1.82) is 0 Å². The van der Waals surface area contributed by atoms with Crippen LogP contribution in [-0.2, 0) is 20.7 Å². The normalized spacial score (nSPS) is 10.7. The summed E-state index contributed by atoms with van der Waals surface area (Å²) in [4.78, 5) is 39.4. The third-order valence-corrected chi connectivity index (χ3v) is 5.58. The predicted octanol–water partition coefficient (Wildman–Crippen LogP) is 2.96.